The molecular weight excluding hydrogens is 460 g/mol. The zero-order valence-corrected chi connectivity index (χ0v) is 19.8. The first-order chi connectivity index (χ1) is 15.6. The third-order valence-corrected chi connectivity index (χ3v) is 7.61. The van der Waals surface area contributed by atoms with E-state index in [1.807, 2.05) is 83.8 Å². The van der Waals surface area contributed by atoms with Crippen LogP contribution in [0.25, 0.3) is 0 Å². The average Bonchev–Trinajstić information content (AvgIpc) is 3.18. The highest BCUT2D eigenvalue weighted by molar-refractivity contribution is 8.00. The number of carbonyl (C=O) groups is 2. The Balaban J connectivity index is 1.31. The Labute approximate surface area is 201 Å². The fourth-order valence-corrected chi connectivity index (χ4v) is 5.53. The number of benzene rings is 3. The predicted octanol–water partition coefficient (Wildman–Crippen LogP) is 5.64. The van der Waals surface area contributed by atoms with Gasteiger partial charge >= 0.3 is 0 Å². The van der Waals surface area contributed by atoms with Crippen LogP contribution in [-0.4, -0.2) is 34.8 Å². The molecule has 1 N–H and O–H groups in total. The van der Waals surface area contributed by atoms with Gasteiger partial charge in [-0.1, -0.05) is 54.1 Å². The highest BCUT2D eigenvalue weighted by Gasteiger charge is 2.32. The van der Waals surface area contributed by atoms with Gasteiger partial charge in [0.2, 0.25) is 5.91 Å². The van der Waals surface area contributed by atoms with Gasteiger partial charge in [-0.2, -0.15) is 0 Å². The molecule has 0 unspecified atom stereocenters. The maximum absolute atomic E-state index is 12.5. The molecule has 1 heterocycles. The first kappa shape index (κ1) is 22.8. The quantitative estimate of drug-likeness (QED) is 0.333. The van der Waals surface area contributed by atoms with Crippen molar-refractivity contribution in [1.82, 2.24) is 10.2 Å². The third-order valence-electron chi connectivity index (χ3n) is 5.09. The maximum Gasteiger partial charge on any atom is 0.251 e. The minimum atomic E-state index is -0.0930. The smallest absolute Gasteiger partial charge is 0.251 e. The van der Waals surface area contributed by atoms with Crippen LogP contribution in [0.15, 0.2) is 83.8 Å². The van der Waals surface area contributed by atoms with Gasteiger partial charge in [0, 0.05) is 34.3 Å². The molecule has 0 bridgehead atoms. The van der Waals surface area contributed by atoms with Crippen molar-refractivity contribution < 1.29 is 9.59 Å². The Hall–Kier alpha value is -2.41. The van der Waals surface area contributed by atoms with E-state index in [2.05, 4.69) is 5.32 Å². The van der Waals surface area contributed by atoms with Crippen LogP contribution in [-0.2, 0) is 11.3 Å². The van der Waals surface area contributed by atoms with Gasteiger partial charge in [0.1, 0.15) is 5.37 Å². The molecule has 3 aromatic carbocycles. The van der Waals surface area contributed by atoms with E-state index in [1.54, 1.807) is 23.5 Å². The van der Waals surface area contributed by atoms with E-state index in [1.165, 1.54) is 0 Å². The molecule has 0 aromatic heterocycles. The molecule has 2 amide bonds. The van der Waals surface area contributed by atoms with Gasteiger partial charge in [-0.05, 0) is 47.5 Å². The van der Waals surface area contributed by atoms with Gasteiger partial charge in [0.05, 0.1) is 5.75 Å². The number of amides is 2. The molecule has 1 aliphatic heterocycles. The molecule has 1 aliphatic rings. The lowest BCUT2D eigenvalue weighted by Gasteiger charge is -2.24. The van der Waals surface area contributed by atoms with Crippen LogP contribution in [0.5, 0.6) is 0 Å². The fraction of sp³-hybridized carbons (Fsp3) is 0.200. The van der Waals surface area contributed by atoms with Crippen molar-refractivity contribution >= 4 is 46.9 Å². The molecule has 4 rings (SSSR count). The molecule has 32 heavy (non-hydrogen) atoms. The SMILES string of the molecule is O=C(NCCSc1ccc(Cl)cc1)c1ccc([C@H]2SCC(=O)N2Cc2ccccc2)cc1. The Bertz CT molecular complexity index is 1060. The van der Waals surface area contributed by atoms with Crippen LogP contribution in [0.3, 0.4) is 0 Å². The van der Waals surface area contributed by atoms with Crippen LogP contribution in [0.4, 0.5) is 0 Å². The van der Waals surface area contributed by atoms with E-state index in [4.69, 9.17) is 11.6 Å². The van der Waals surface area contributed by atoms with E-state index in [9.17, 15) is 9.59 Å². The number of halogens is 1. The summed E-state index contributed by atoms with van der Waals surface area (Å²) in [6.07, 6.45) is 0. The molecule has 1 fully saturated rings. The average molecular weight is 483 g/mol. The number of hydrogen-bond donors (Lipinski definition) is 1. The molecule has 1 saturated heterocycles. The second kappa shape index (κ2) is 10.9. The van der Waals surface area contributed by atoms with Gasteiger partial charge in [-0.15, -0.1) is 23.5 Å². The minimum absolute atomic E-state index is 0.0319. The maximum atomic E-state index is 12.5. The molecule has 164 valence electrons. The number of nitrogens with zero attached hydrogens (tertiary/aromatic N) is 1. The molecule has 0 radical (unpaired) electrons. The monoisotopic (exact) mass is 482 g/mol. The lowest BCUT2D eigenvalue weighted by Crippen LogP contribution is -2.28. The zero-order chi connectivity index (χ0) is 22.3. The summed E-state index contributed by atoms with van der Waals surface area (Å²) in [5.74, 6) is 1.31. The normalized spacial score (nSPS) is 15.7. The highest BCUT2D eigenvalue weighted by atomic mass is 35.5. The molecular formula is C25H23ClN2O2S2. The lowest BCUT2D eigenvalue weighted by molar-refractivity contribution is -0.128. The second-order valence-corrected chi connectivity index (χ2v) is 10.0. The summed E-state index contributed by atoms with van der Waals surface area (Å²) in [6, 6.07) is 25.3. The van der Waals surface area contributed by atoms with Crippen molar-refractivity contribution in [2.45, 2.75) is 16.8 Å². The largest absolute Gasteiger partial charge is 0.351 e. The van der Waals surface area contributed by atoms with Crippen LogP contribution < -0.4 is 5.32 Å². The van der Waals surface area contributed by atoms with E-state index in [0.717, 1.165) is 26.8 Å². The van der Waals surface area contributed by atoms with E-state index in [-0.39, 0.29) is 17.2 Å². The van der Waals surface area contributed by atoms with Crippen LogP contribution in [0.1, 0.15) is 26.9 Å². The lowest BCUT2D eigenvalue weighted by atomic mass is 10.1. The van der Waals surface area contributed by atoms with Crippen molar-refractivity contribution in [2.75, 3.05) is 18.1 Å². The number of carbonyl (C=O) groups excluding carboxylic acids is 2. The Kier molecular flexibility index (Phi) is 7.79. The van der Waals surface area contributed by atoms with Crippen molar-refractivity contribution in [3.8, 4) is 0 Å². The van der Waals surface area contributed by atoms with E-state index in [0.29, 0.717) is 24.4 Å². The van der Waals surface area contributed by atoms with E-state index >= 15 is 0 Å². The van der Waals surface area contributed by atoms with Crippen molar-refractivity contribution in [2.24, 2.45) is 0 Å². The van der Waals surface area contributed by atoms with Gasteiger partial charge in [0.15, 0.2) is 0 Å². The first-order valence-corrected chi connectivity index (χ1v) is 12.7. The molecule has 3 aromatic rings. The third kappa shape index (κ3) is 5.88. The van der Waals surface area contributed by atoms with Crippen LogP contribution >= 0.6 is 35.1 Å². The van der Waals surface area contributed by atoms with Crippen molar-refractivity contribution in [3.63, 3.8) is 0 Å². The summed E-state index contributed by atoms with van der Waals surface area (Å²) >= 11 is 9.20. The Morgan fingerprint density at radius 1 is 1.03 bits per heavy atom. The molecule has 1 atom stereocenters. The van der Waals surface area contributed by atoms with Gasteiger partial charge in [0.25, 0.3) is 5.91 Å². The van der Waals surface area contributed by atoms with Crippen LogP contribution in [0, 0.1) is 0 Å². The Morgan fingerprint density at radius 2 is 1.75 bits per heavy atom. The zero-order valence-electron chi connectivity index (χ0n) is 17.4. The molecule has 7 heteroatoms. The number of hydrogen-bond acceptors (Lipinski definition) is 4. The van der Waals surface area contributed by atoms with Gasteiger partial charge < -0.3 is 10.2 Å². The second-order valence-electron chi connectivity index (χ2n) is 7.35. The van der Waals surface area contributed by atoms with Crippen LogP contribution in [0.2, 0.25) is 5.02 Å². The predicted molar refractivity (Wildman–Crippen MR) is 133 cm³/mol. The van der Waals surface area contributed by atoms with Crippen molar-refractivity contribution in [1.29, 1.82) is 0 Å². The highest BCUT2D eigenvalue weighted by Crippen LogP contribution is 2.39. The molecule has 0 saturated carbocycles. The summed E-state index contributed by atoms with van der Waals surface area (Å²) in [6.45, 7) is 1.16. The summed E-state index contributed by atoms with van der Waals surface area (Å²) in [7, 11) is 0. The number of rotatable bonds is 8. The van der Waals surface area contributed by atoms with Gasteiger partial charge in [-0.3, -0.25) is 9.59 Å². The molecule has 0 spiro atoms. The first-order valence-electron chi connectivity index (χ1n) is 10.3. The summed E-state index contributed by atoms with van der Waals surface area (Å²) in [5, 5.41) is 3.65. The summed E-state index contributed by atoms with van der Waals surface area (Å²) < 4.78 is 0. The summed E-state index contributed by atoms with van der Waals surface area (Å²) in [5.41, 5.74) is 2.77. The number of thioether (sulfide) groups is 2. The topological polar surface area (TPSA) is 49.4 Å². The minimum Gasteiger partial charge on any atom is -0.351 e. The number of nitrogens with one attached hydrogen (secondary N) is 1. The van der Waals surface area contributed by atoms with Gasteiger partial charge in [-0.25, -0.2) is 0 Å². The Morgan fingerprint density at radius 3 is 2.47 bits per heavy atom. The molecule has 0 aliphatic carbocycles. The molecule has 4 nitrogen and oxygen atoms in total. The summed E-state index contributed by atoms with van der Waals surface area (Å²) in [4.78, 5) is 27.9. The van der Waals surface area contributed by atoms with E-state index < -0.39 is 0 Å². The standard InChI is InChI=1S/C25H23ClN2O2S2/c26-21-10-12-22(13-11-21)31-15-14-27-24(30)19-6-8-20(9-7-19)25-28(23(29)17-32-25)16-18-4-2-1-3-5-18/h1-13,25H,14-17H2,(H,27,30)/t25-/m1/s1. The van der Waals surface area contributed by atoms with Crippen molar-refractivity contribution in [3.05, 3.63) is 101 Å². The fourth-order valence-electron chi connectivity index (χ4n) is 3.45.